The third-order valence-corrected chi connectivity index (χ3v) is 6.08. The summed E-state index contributed by atoms with van der Waals surface area (Å²) in [6, 6.07) is 5.37. The van der Waals surface area contributed by atoms with E-state index in [0.717, 1.165) is 43.4 Å². The number of rotatable bonds is 5. The summed E-state index contributed by atoms with van der Waals surface area (Å²) in [6.45, 7) is 2.11. The lowest BCUT2D eigenvalue weighted by Gasteiger charge is -2.40. The van der Waals surface area contributed by atoms with Crippen LogP contribution < -0.4 is 9.80 Å². The molecule has 3 heterocycles. The molecule has 136 valence electrons. The summed E-state index contributed by atoms with van der Waals surface area (Å²) in [7, 11) is 0. The zero-order valence-electron chi connectivity index (χ0n) is 15.2. The molecule has 1 saturated heterocycles. The summed E-state index contributed by atoms with van der Waals surface area (Å²) < 4.78 is 0. The molecule has 6 nitrogen and oxygen atoms in total. The Labute approximate surface area is 154 Å². The molecule has 0 spiro atoms. The van der Waals surface area contributed by atoms with Crippen molar-refractivity contribution in [1.29, 1.82) is 0 Å². The quantitative estimate of drug-likeness (QED) is 0.825. The van der Waals surface area contributed by atoms with Crippen molar-refractivity contribution in [3.8, 4) is 0 Å². The van der Waals surface area contributed by atoms with Crippen LogP contribution in [0.3, 0.4) is 0 Å². The van der Waals surface area contributed by atoms with Gasteiger partial charge in [-0.2, -0.15) is 0 Å². The average Bonchev–Trinajstić information content (AvgIpc) is 3.47. The molecule has 0 amide bonds. The Hall–Kier alpha value is -2.24. The van der Waals surface area contributed by atoms with Gasteiger partial charge in [-0.1, -0.05) is 6.42 Å². The van der Waals surface area contributed by atoms with Gasteiger partial charge < -0.3 is 9.80 Å². The fourth-order valence-electron chi connectivity index (χ4n) is 4.24. The summed E-state index contributed by atoms with van der Waals surface area (Å²) in [5, 5.41) is 0. The number of piperidine rings is 1. The third kappa shape index (κ3) is 3.13. The van der Waals surface area contributed by atoms with E-state index in [4.69, 9.17) is 4.98 Å². The second-order valence-corrected chi connectivity index (χ2v) is 7.83. The molecule has 1 aliphatic heterocycles. The maximum Gasteiger partial charge on any atom is 0.133 e. The predicted molar refractivity (Wildman–Crippen MR) is 101 cm³/mol. The van der Waals surface area contributed by atoms with Crippen molar-refractivity contribution >= 4 is 11.6 Å². The second-order valence-electron chi connectivity index (χ2n) is 7.83. The van der Waals surface area contributed by atoms with Gasteiger partial charge in [-0.25, -0.2) is 19.9 Å². The molecule has 5 rings (SSSR count). The number of hydrogen-bond donors (Lipinski definition) is 0. The highest BCUT2D eigenvalue weighted by molar-refractivity contribution is 5.44. The highest BCUT2D eigenvalue weighted by atomic mass is 15.3. The minimum Gasteiger partial charge on any atom is -0.356 e. The summed E-state index contributed by atoms with van der Waals surface area (Å²) >= 11 is 0. The molecular weight excluding hydrogens is 324 g/mol. The molecular formula is C20H26N6. The average molecular weight is 350 g/mol. The van der Waals surface area contributed by atoms with Gasteiger partial charge in [0.15, 0.2) is 0 Å². The van der Waals surface area contributed by atoms with Crippen LogP contribution >= 0.6 is 0 Å². The summed E-state index contributed by atoms with van der Waals surface area (Å²) in [4.78, 5) is 23.0. The van der Waals surface area contributed by atoms with Crippen molar-refractivity contribution in [1.82, 2.24) is 19.9 Å². The largest absolute Gasteiger partial charge is 0.356 e. The van der Waals surface area contributed by atoms with Crippen LogP contribution in [0.2, 0.25) is 0 Å². The van der Waals surface area contributed by atoms with Crippen LogP contribution in [0, 0.1) is 0 Å². The SMILES string of the molecule is c1cc(N(C2CC2)C2CCN(c3ccnc(C4CCC4)n3)CC2)ncn1. The summed E-state index contributed by atoms with van der Waals surface area (Å²) in [6.07, 6.45) is 14.2. The zero-order chi connectivity index (χ0) is 17.3. The molecule has 3 aliphatic rings. The molecule has 2 aromatic rings. The molecule has 0 bridgehead atoms. The molecule has 0 N–H and O–H groups in total. The Kier molecular flexibility index (Phi) is 4.19. The van der Waals surface area contributed by atoms with Crippen LogP contribution in [-0.4, -0.2) is 45.1 Å². The molecule has 0 unspecified atom stereocenters. The third-order valence-electron chi connectivity index (χ3n) is 6.08. The van der Waals surface area contributed by atoms with E-state index in [-0.39, 0.29) is 0 Å². The van der Waals surface area contributed by atoms with Crippen molar-refractivity contribution in [2.45, 2.75) is 62.9 Å². The van der Waals surface area contributed by atoms with Gasteiger partial charge in [0.25, 0.3) is 0 Å². The Bertz CT molecular complexity index is 735. The van der Waals surface area contributed by atoms with Gasteiger partial charge in [0, 0.05) is 43.5 Å². The van der Waals surface area contributed by atoms with Crippen molar-refractivity contribution < 1.29 is 0 Å². The lowest BCUT2D eigenvalue weighted by Crippen LogP contribution is -2.46. The van der Waals surface area contributed by atoms with E-state index in [0.29, 0.717) is 18.0 Å². The van der Waals surface area contributed by atoms with E-state index in [1.807, 2.05) is 12.4 Å². The van der Waals surface area contributed by atoms with E-state index in [1.54, 1.807) is 6.33 Å². The maximum absolute atomic E-state index is 4.87. The smallest absolute Gasteiger partial charge is 0.133 e. The van der Waals surface area contributed by atoms with Gasteiger partial charge >= 0.3 is 0 Å². The molecule has 0 atom stereocenters. The number of hydrogen-bond acceptors (Lipinski definition) is 6. The van der Waals surface area contributed by atoms with Gasteiger partial charge in [-0.05, 0) is 50.7 Å². The van der Waals surface area contributed by atoms with Gasteiger partial charge in [0.2, 0.25) is 0 Å². The molecule has 2 saturated carbocycles. The molecule has 0 aromatic carbocycles. The fraction of sp³-hybridized carbons (Fsp3) is 0.600. The van der Waals surface area contributed by atoms with Crippen molar-refractivity contribution in [3.63, 3.8) is 0 Å². The first-order valence-corrected chi connectivity index (χ1v) is 10.0. The topological polar surface area (TPSA) is 58.0 Å². The first-order valence-electron chi connectivity index (χ1n) is 10.0. The predicted octanol–water partition coefficient (Wildman–Crippen LogP) is 3.17. The Morgan fingerprint density at radius 1 is 0.885 bits per heavy atom. The van der Waals surface area contributed by atoms with Crippen molar-refractivity contribution in [3.05, 3.63) is 36.7 Å². The minimum absolute atomic E-state index is 0.571. The molecule has 6 heteroatoms. The number of anilines is 2. The van der Waals surface area contributed by atoms with E-state index in [2.05, 4.69) is 36.9 Å². The fourth-order valence-corrected chi connectivity index (χ4v) is 4.24. The van der Waals surface area contributed by atoms with Gasteiger partial charge in [0.05, 0.1) is 0 Å². The van der Waals surface area contributed by atoms with Gasteiger partial charge in [-0.3, -0.25) is 0 Å². The standard InChI is InChI=1S/C20H26N6/c1-2-15(3-1)20-22-11-7-19(24-20)25-12-8-17(9-13-25)26(16-4-5-16)18-6-10-21-14-23-18/h6-7,10-11,14-17H,1-5,8-9,12-13H2. The molecule has 2 aliphatic carbocycles. The van der Waals surface area contributed by atoms with Gasteiger partial charge in [-0.15, -0.1) is 0 Å². The molecule has 3 fully saturated rings. The number of aromatic nitrogens is 4. The monoisotopic (exact) mass is 350 g/mol. The Balaban J connectivity index is 1.27. The van der Waals surface area contributed by atoms with Gasteiger partial charge in [0.1, 0.15) is 23.8 Å². The highest BCUT2D eigenvalue weighted by Gasteiger charge is 2.36. The lowest BCUT2D eigenvalue weighted by molar-refractivity contribution is 0.400. The van der Waals surface area contributed by atoms with E-state index in [1.165, 1.54) is 32.1 Å². The lowest BCUT2D eigenvalue weighted by atomic mass is 9.85. The zero-order valence-corrected chi connectivity index (χ0v) is 15.2. The van der Waals surface area contributed by atoms with E-state index >= 15 is 0 Å². The first kappa shape index (κ1) is 16.0. The van der Waals surface area contributed by atoms with Crippen LogP contribution in [0.25, 0.3) is 0 Å². The Morgan fingerprint density at radius 3 is 2.35 bits per heavy atom. The normalized spacial score (nSPS) is 21.5. The van der Waals surface area contributed by atoms with Crippen LogP contribution in [-0.2, 0) is 0 Å². The second kappa shape index (κ2) is 6.82. The van der Waals surface area contributed by atoms with E-state index in [9.17, 15) is 0 Å². The first-order chi connectivity index (χ1) is 12.9. The van der Waals surface area contributed by atoms with Crippen molar-refractivity contribution in [2.75, 3.05) is 22.9 Å². The Morgan fingerprint density at radius 2 is 1.69 bits per heavy atom. The molecule has 2 aromatic heterocycles. The minimum atomic E-state index is 0.571. The van der Waals surface area contributed by atoms with Crippen LogP contribution in [0.4, 0.5) is 11.6 Å². The maximum atomic E-state index is 4.87. The van der Waals surface area contributed by atoms with Crippen LogP contribution in [0.15, 0.2) is 30.9 Å². The summed E-state index contributed by atoms with van der Waals surface area (Å²) in [5.41, 5.74) is 0. The highest BCUT2D eigenvalue weighted by Crippen LogP contribution is 2.36. The van der Waals surface area contributed by atoms with Crippen molar-refractivity contribution in [2.24, 2.45) is 0 Å². The number of nitrogens with zero attached hydrogens (tertiary/aromatic N) is 6. The van der Waals surface area contributed by atoms with E-state index < -0.39 is 0 Å². The summed E-state index contributed by atoms with van der Waals surface area (Å²) in [5.74, 6) is 3.85. The molecule has 0 radical (unpaired) electrons. The molecule has 26 heavy (non-hydrogen) atoms. The van der Waals surface area contributed by atoms with Crippen LogP contribution in [0.1, 0.15) is 56.7 Å². The van der Waals surface area contributed by atoms with Crippen LogP contribution in [0.5, 0.6) is 0 Å².